The Hall–Kier alpha value is -0.120. The van der Waals surface area contributed by atoms with E-state index in [0.29, 0.717) is 0 Å². The van der Waals surface area contributed by atoms with Crippen molar-refractivity contribution in [1.82, 2.24) is 9.80 Å². The number of hydrogen-bond donors (Lipinski definition) is 0. The first kappa shape index (κ1) is 12.9. The van der Waals surface area contributed by atoms with Gasteiger partial charge in [0.05, 0.1) is 6.61 Å². The summed E-state index contributed by atoms with van der Waals surface area (Å²) in [5, 5.41) is 0. The van der Waals surface area contributed by atoms with Crippen LogP contribution < -0.4 is 0 Å². The van der Waals surface area contributed by atoms with E-state index in [0.717, 1.165) is 19.1 Å². The zero-order valence-electron chi connectivity index (χ0n) is 10.5. The minimum Gasteiger partial charge on any atom is -0.383 e. The Morgan fingerprint density at radius 2 is 1.53 bits per heavy atom. The Labute approximate surface area is 94.4 Å². The van der Waals surface area contributed by atoms with Crippen molar-refractivity contribution in [3.63, 3.8) is 0 Å². The summed E-state index contributed by atoms with van der Waals surface area (Å²) in [5.41, 5.74) is 0. The molecule has 1 rings (SSSR count). The highest BCUT2D eigenvalue weighted by atomic mass is 16.5. The summed E-state index contributed by atoms with van der Waals surface area (Å²) in [5.74, 6) is 0.830. The number of nitrogens with zero attached hydrogens (tertiary/aromatic N) is 2. The third kappa shape index (κ3) is 5.50. The molecule has 1 fully saturated rings. The van der Waals surface area contributed by atoms with Gasteiger partial charge in [-0.3, -0.25) is 4.90 Å². The summed E-state index contributed by atoms with van der Waals surface area (Å²) >= 11 is 0. The van der Waals surface area contributed by atoms with Crippen molar-refractivity contribution in [3.8, 4) is 0 Å². The molecule has 0 amide bonds. The topological polar surface area (TPSA) is 15.7 Å². The van der Waals surface area contributed by atoms with E-state index in [-0.39, 0.29) is 0 Å². The van der Waals surface area contributed by atoms with E-state index in [1.807, 2.05) is 0 Å². The minimum atomic E-state index is 0.830. The SMILES string of the molecule is COCCN1CCN(CCC(C)C)CC1. The molecule has 0 spiro atoms. The Morgan fingerprint density at radius 1 is 1.00 bits per heavy atom. The van der Waals surface area contributed by atoms with Gasteiger partial charge < -0.3 is 9.64 Å². The predicted octanol–water partition coefficient (Wildman–Crippen LogP) is 1.30. The van der Waals surface area contributed by atoms with Gasteiger partial charge in [-0.1, -0.05) is 13.8 Å². The van der Waals surface area contributed by atoms with Gasteiger partial charge in [-0.05, 0) is 18.9 Å². The fraction of sp³-hybridized carbons (Fsp3) is 1.00. The van der Waals surface area contributed by atoms with Gasteiger partial charge in [-0.2, -0.15) is 0 Å². The summed E-state index contributed by atoms with van der Waals surface area (Å²) in [7, 11) is 1.78. The van der Waals surface area contributed by atoms with Gasteiger partial charge in [-0.25, -0.2) is 0 Å². The van der Waals surface area contributed by atoms with Crippen LogP contribution in [0.2, 0.25) is 0 Å². The van der Waals surface area contributed by atoms with Crippen LogP contribution in [-0.4, -0.2) is 62.8 Å². The Bertz CT molecular complexity index is 154. The van der Waals surface area contributed by atoms with Crippen LogP contribution in [0.5, 0.6) is 0 Å². The van der Waals surface area contributed by atoms with E-state index in [1.54, 1.807) is 7.11 Å². The van der Waals surface area contributed by atoms with Crippen molar-refractivity contribution < 1.29 is 4.74 Å². The van der Waals surface area contributed by atoms with Gasteiger partial charge in [0.2, 0.25) is 0 Å². The second-order valence-electron chi connectivity index (χ2n) is 4.86. The summed E-state index contributed by atoms with van der Waals surface area (Å²) < 4.78 is 5.10. The third-order valence-electron chi connectivity index (χ3n) is 3.10. The van der Waals surface area contributed by atoms with Gasteiger partial charge in [0.15, 0.2) is 0 Å². The molecule has 15 heavy (non-hydrogen) atoms. The fourth-order valence-corrected chi connectivity index (χ4v) is 1.90. The average molecular weight is 214 g/mol. The maximum absolute atomic E-state index is 5.10. The third-order valence-corrected chi connectivity index (χ3v) is 3.10. The highest BCUT2D eigenvalue weighted by Crippen LogP contribution is 2.06. The molecule has 3 nitrogen and oxygen atoms in total. The smallest absolute Gasteiger partial charge is 0.0589 e. The Balaban J connectivity index is 2.07. The molecule has 90 valence electrons. The summed E-state index contributed by atoms with van der Waals surface area (Å²) in [6.07, 6.45) is 1.33. The quantitative estimate of drug-likeness (QED) is 0.663. The molecule has 0 aromatic rings. The van der Waals surface area contributed by atoms with Crippen molar-refractivity contribution in [3.05, 3.63) is 0 Å². The zero-order valence-corrected chi connectivity index (χ0v) is 10.5. The van der Waals surface area contributed by atoms with E-state index in [1.165, 1.54) is 39.1 Å². The first-order valence-corrected chi connectivity index (χ1v) is 6.16. The normalized spacial score (nSPS) is 20.0. The molecule has 0 N–H and O–H groups in total. The lowest BCUT2D eigenvalue weighted by molar-refractivity contribution is 0.0948. The molecule has 1 heterocycles. The van der Waals surface area contributed by atoms with Crippen LogP contribution >= 0.6 is 0 Å². The molecule has 1 aliphatic rings. The Kier molecular flexibility index (Phi) is 6.22. The standard InChI is InChI=1S/C12H26N2O/c1-12(2)4-5-13-6-8-14(9-7-13)10-11-15-3/h12H,4-11H2,1-3H3. The monoisotopic (exact) mass is 214 g/mol. The van der Waals surface area contributed by atoms with Crippen LogP contribution in [0.1, 0.15) is 20.3 Å². The molecule has 0 atom stereocenters. The zero-order chi connectivity index (χ0) is 11.1. The van der Waals surface area contributed by atoms with Gasteiger partial charge in [0.1, 0.15) is 0 Å². The number of hydrogen-bond acceptors (Lipinski definition) is 3. The average Bonchev–Trinajstić information content (AvgIpc) is 2.25. The summed E-state index contributed by atoms with van der Waals surface area (Å²) in [4.78, 5) is 5.08. The lowest BCUT2D eigenvalue weighted by Gasteiger charge is -2.34. The van der Waals surface area contributed by atoms with E-state index in [4.69, 9.17) is 4.74 Å². The Morgan fingerprint density at radius 3 is 2.00 bits per heavy atom. The number of ether oxygens (including phenoxy) is 1. The molecule has 0 radical (unpaired) electrons. The summed E-state index contributed by atoms with van der Waals surface area (Å²) in [6, 6.07) is 0. The van der Waals surface area contributed by atoms with E-state index < -0.39 is 0 Å². The van der Waals surface area contributed by atoms with Crippen LogP contribution in [0.4, 0.5) is 0 Å². The lowest BCUT2D eigenvalue weighted by atomic mass is 10.1. The van der Waals surface area contributed by atoms with Crippen LogP contribution in [0.25, 0.3) is 0 Å². The number of piperazine rings is 1. The molecule has 0 bridgehead atoms. The van der Waals surface area contributed by atoms with E-state index in [2.05, 4.69) is 23.6 Å². The van der Waals surface area contributed by atoms with E-state index in [9.17, 15) is 0 Å². The van der Waals surface area contributed by atoms with Crippen LogP contribution in [-0.2, 0) is 4.74 Å². The number of methoxy groups -OCH3 is 1. The minimum absolute atomic E-state index is 0.830. The lowest BCUT2D eigenvalue weighted by Crippen LogP contribution is -2.47. The molecule has 1 saturated heterocycles. The van der Waals surface area contributed by atoms with Crippen molar-refractivity contribution >= 4 is 0 Å². The summed E-state index contributed by atoms with van der Waals surface area (Å²) in [6.45, 7) is 12.7. The van der Waals surface area contributed by atoms with Crippen molar-refractivity contribution in [1.29, 1.82) is 0 Å². The molecule has 1 aliphatic heterocycles. The first-order valence-electron chi connectivity index (χ1n) is 6.16. The van der Waals surface area contributed by atoms with Crippen molar-refractivity contribution in [2.24, 2.45) is 5.92 Å². The maximum Gasteiger partial charge on any atom is 0.0589 e. The van der Waals surface area contributed by atoms with Crippen molar-refractivity contribution in [2.45, 2.75) is 20.3 Å². The molecule has 0 aliphatic carbocycles. The molecular weight excluding hydrogens is 188 g/mol. The second kappa shape index (κ2) is 7.20. The fourth-order valence-electron chi connectivity index (χ4n) is 1.90. The van der Waals surface area contributed by atoms with Crippen molar-refractivity contribution in [2.75, 3.05) is 53.0 Å². The molecule has 0 aromatic carbocycles. The highest BCUT2D eigenvalue weighted by molar-refractivity contribution is 4.71. The second-order valence-corrected chi connectivity index (χ2v) is 4.86. The largest absolute Gasteiger partial charge is 0.383 e. The predicted molar refractivity (Wildman–Crippen MR) is 64.2 cm³/mol. The van der Waals surface area contributed by atoms with Gasteiger partial charge in [0.25, 0.3) is 0 Å². The molecule has 3 heteroatoms. The molecule has 0 aromatic heterocycles. The van der Waals surface area contributed by atoms with Crippen LogP contribution in [0.3, 0.4) is 0 Å². The van der Waals surface area contributed by atoms with E-state index >= 15 is 0 Å². The number of rotatable bonds is 6. The highest BCUT2D eigenvalue weighted by Gasteiger charge is 2.15. The first-order chi connectivity index (χ1) is 7.22. The maximum atomic E-state index is 5.10. The molecule has 0 saturated carbocycles. The van der Waals surface area contributed by atoms with Gasteiger partial charge in [-0.15, -0.1) is 0 Å². The van der Waals surface area contributed by atoms with Gasteiger partial charge in [0, 0.05) is 39.8 Å². The van der Waals surface area contributed by atoms with Crippen LogP contribution in [0.15, 0.2) is 0 Å². The van der Waals surface area contributed by atoms with Crippen LogP contribution in [0, 0.1) is 5.92 Å². The molecule has 0 unspecified atom stereocenters. The van der Waals surface area contributed by atoms with Gasteiger partial charge >= 0.3 is 0 Å². The molecular formula is C12H26N2O.